The van der Waals surface area contributed by atoms with Gasteiger partial charge in [-0.2, -0.15) is 0 Å². The molecule has 2 aromatic carbocycles. The standard InChI is InChI=1S/C21H18FN3O5S2/c1-13-12-31-21(24-13)32-18-7-4-15(10-17(18)25(28)29)20(27)30-11-19(26)23-9-8-14-2-5-16(22)6-3-14/h2-7,10,12H,8-9,11H2,1H3,(H,23,26). The number of hydrogen-bond acceptors (Lipinski definition) is 8. The predicted molar refractivity (Wildman–Crippen MR) is 117 cm³/mol. The van der Waals surface area contributed by atoms with E-state index in [1.165, 1.54) is 35.6 Å². The van der Waals surface area contributed by atoms with Crippen molar-refractivity contribution in [2.24, 2.45) is 0 Å². The Kier molecular flexibility index (Phi) is 7.90. The van der Waals surface area contributed by atoms with Crippen molar-refractivity contribution in [2.75, 3.05) is 13.2 Å². The third kappa shape index (κ3) is 6.59. The van der Waals surface area contributed by atoms with Crippen LogP contribution >= 0.6 is 23.1 Å². The van der Waals surface area contributed by atoms with E-state index in [9.17, 15) is 24.1 Å². The molecule has 1 heterocycles. The van der Waals surface area contributed by atoms with Gasteiger partial charge in [0.05, 0.1) is 15.4 Å². The summed E-state index contributed by atoms with van der Waals surface area (Å²) in [5.74, 6) is -1.69. The van der Waals surface area contributed by atoms with Gasteiger partial charge in [-0.3, -0.25) is 14.9 Å². The van der Waals surface area contributed by atoms with Gasteiger partial charge in [0.25, 0.3) is 11.6 Å². The molecule has 1 aromatic heterocycles. The number of carbonyl (C=O) groups is 2. The summed E-state index contributed by atoms with van der Waals surface area (Å²) in [6.07, 6.45) is 0.490. The van der Waals surface area contributed by atoms with Crippen LogP contribution in [0.5, 0.6) is 0 Å². The highest BCUT2D eigenvalue weighted by molar-refractivity contribution is 8.01. The number of ether oxygens (including phenoxy) is 1. The lowest BCUT2D eigenvalue weighted by molar-refractivity contribution is -0.387. The van der Waals surface area contributed by atoms with Gasteiger partial charge in [0.1, 0.15) is 5.82 Å². The molecule has 0 unspecified atom stereocenters. The predicted octanol–water partition coefficient (Wildman–Crippen LogP) is 4.17. The summed E-state index contributed by atoms with van der Waals surface area (Å²) >= 11 is 2.51. The summed E-state index contributed by atoms with van der Waals surface area (Å²) in [6.45, 7) is 1.59. The molecular formula is C21H18FN3O5S2. The Labute approximate surface area is 191 Å². The monoisotopic (exact) mass is 475 g/mol. The number of nitro benzene ring substituents is 1. The zero-order chi connectivity index (χ0) is 23.1. The molecule has 0 aliphatic carbocycles. The minimum atomic E-state index is -0.844. The quantitative estimate of drug-likeness (QED) is 0.281. The van der Waals surface area contributed by atoms with E-state index in [0.29, 0.717) is 15.7 Å². The van der Waals surface area contributed by atoms with Crippen molar-refractivity contribution in [3.05, 3.63) is 80.6 Å². The number of nitrogens with one attached hydrogen (secondary N) is 1. The lowest BCUT2D eigenvalue weighted by Crippen LogP contribution is -2.30. The molecule has 0 radical (unpaired) electrons. The van der Waals surface area contributed by atoms with Crippen LogP contribution in [0.4, 0.5) is 10.1 Å². The average molecular weight is 476 g/mol. The Bertz CT molecular complexity index is 1130. The fourth-order valence-corrected chi connectivity index (χ4v) is 4.49. The van der Waals surface area contributed by atoms with Crippen LogP contribution in [-0.4, -0.2) is 34.9 Å². The van der Waals surface area contributed by atoms with Gasteiger partial charge in [-0.05, 0) is 43.2 Å². The van der Waals surface area contributed by atoms with Gasteiger partial charge in [-0.1, -0.05) is 23.9 Å². The fraction of sp³-hybridized carbons (Fsp3) is 0.190. The number of amides is 1. The number of nitro groups is 1. The van der Waals surface area contributed by atoms with Gasteiger partial charge in [0.2, 0.25) is 0 Å². The van der Waals surface area contributed by atoms with Gasteiger partial charge < -0.3 is 10.1 Å². The zero-order valence-corrected chi connectivity index (χ0v) is 18.5. The molecule has 0 aliphatic heterocycles. The summed E-state index contributed by atoms with van der Waals surface area (Å²) in [5.41, 5.74) is 1.38. The van der Waals surface area contributed by atoms with Crippen LogP contribution in [-0.2, 0) is 16.0 Å². The van der Waals surface area contributed by atoms with Gasteiger partial charge in [-0.15, -0.1) is 11.3 Å². The summed E-state index contributed by atoms with van der Waals surface area (Å²) in [6, 6.07) is 9.89. The topological polar surface area (TPSA) is 111 Å². The molecule has 0 bridgehead atoms. The maximum absolute atomic E-state index is 12.9. The van der Waals surface area contributed by atoms with Crippen LogP contribution in [0.1, 0.15) is 21.6 Å². The zero-order valence-electron chi connectivity index (χ0n) is 16.9. The van der Waals surface area contributed by atoms with Crippen molar-refractivity contribution in [1.29, 1.82) is 0 Å². The molecule has 8 nitrogen and oxygen atoms in total. The van der Waals surface area contributed by atoms with Crippen molar-refractivity contribution in [3.8, 4) is 0 Å². The Morgan fingerprint density at radius 1 is 1.25 bits per heavy atom. The minimum absolute atomic E-state index is 0.0320. The summed E-state index contributed by atoms with van der Waals surface area (Å²) in [4.78, 5) is 39.6. The highest BCUT2D eigenvalue weighted by atomic mass is 32.2. The minimum Gasteiger partial charge on any atom is -0.452 e. The van der Waals surface area contributed by atoms with Crippen LogP contribution in [0, 0.1) is 22.9 Å². The maximum atomic E-state index is 12.9. The van der Waals surface area contributed by atoms with Crippen molar-refractivity contribution in [2.45, 2.75) is 22.6 Å². The number of esters is 1. The molecule has 1 N–H and O–H groups in total. The largest absolute Gasteiger partial charge is 0.452 e. The van der Waals surface area contributed by atoms with E-state index in [2.05, 4.69) is 10.3 Å². The van der Waals surface area contributed by atoms with Crippen LogP contribution in [0.25, 0.3) is 0 Å². The van der Waals surface area contributed by atoms with Crippen molar-refractivity contribution < 1.29 is 23.6 Å². The number of hydrogen-bond donors (Lipinski definition) is 1. The lowest BCUT2D eigenvalue weighted by atomic mass is 10.1. The van der Waals surface area contributed by atoms with Crippen LogP contribution in [0.15, 0.2) is 57.1 Å². The number of nitrogens with zero attached hydrogens (tertiary/aromatic N) is 2. The van der Waals surface area contributed by atoms with E-state index in [1.807, 2.05) is 12.3 Å². The van der Waals surface area contributed by atoms with Crippen LogP contribution < -0.4 is 5.32 Å². The van der Waals surface area contributed by atoms with Crippen molar-refractivity contribution >= 4 is 40.7 Å². The third-order valence-corrected chi connectivity index (χ3v) is 6.29. The van der Waals surface area contributed by atoms with E-state index in [4.69, 9.17) is 4.74 Å². The highest BCUT2D eigenvalue weighted by Gasteiger charge is 2.20. The fourth-order valence-electron chi connectivity index (χ4n) is 2.61. The Morgan fingerprint density at radius 3 is 2.66 bits per heavy atom. The van der Waals surface area contributed by atoms with Crippen LogP contribution in [0.3, 0.4) is 0 Å². The number of thiazole rings is 1. The molecule has 3 rings (SSSR count). The molecule has 166 valence electrons. The molecule has 0 atom stereocenters. The first-order chi connectivity index (χ1) is 15.3. The lowest BCUT2D eigenvalue weighted by Gasteiger charge is -2.08. The van der Waals surface area contributed by atoms with Gasteiger partial charge in [0.15, 0.2) is 10.9 Å². The number of halogens is 1. The normalized spacial score (nSPS) is 10.6. The summed E-state index contributed by atoms with van der Waals surface area (Å²) in [5, 5.41) is 15.9. The molecule has 3 aromatic rings. The molecule has 0 aliphatic rings. The van der Waals surface area contributed by atoms with E-state index in [-0.39, 0.29) is 23.6 Å². The molecule has 0 saturated heterocycles. The van der Waals surface area contributed by atoms with E-state index >= 15 is 0 Å². The third-order valence-electron chi connectivity index (χ3n) is 4.17. The molecule has 32 heavy (non-hydrogen) atoms. The number of carbonyl (C=O) groups excluding carboxylic acids is 2. The second kappa shape index (κ2) is 10.8. The highest BCUT2D eigenvalue weighted by Crippen LogP contribution is 2.36. The molecule has 1 amide bonds. The van der Waals surface area contributed by atoms with E-state index < -0.39 is 23.4 Å². The Balaban J connectivity index is 1.53. The summed E-state index contributed by atoms with van der Waals surface area (Å²) in [7, 11) is 0. The Morgan fingerprint density at radius 2 is 2.00 bits per heavy atom. The second-order valence-electron chi connectivity index (χ2n) is 6.60. The van der Waals surface area contributed by atoms with Crippen molar-refractivity contribution in [3.63, 3.8) is 0 Å². The first kappa shape index (κ1) is 23.4. The van der Waals surface area contributed by atoms with Gasteiger partial charge in [0, 0.05) is 23.7 Å². The van der Waals surface area contributed by atoms with Crippen molar-refractivity contribution in [1.82, 2.24) is 10.3 Å². The molecule has 0 fully saturated rings. The first-order valence-electron chi connectivity index (χ1n) is 9.38. The van der Waals surface area contributed by atoms with Crippen LogP contribution in [0.2, 0.25) is 0 Å². The molecule has 11 heteroatoms. The Hall–Kier alpha value is -3.31. The number of benzene rings is 2. The molecular weight excluding hydrogens is 457 g/mol. The smallest absolute Gasteiger partial charge is 0.338 e. The number of rotatable bonds is 9. The van der Waals surface area contributed by atoms with Gasteiger partial charge >= 0.3 is 5.97 Å². The number of aryl methyl sites for hydroxylation is 1. The summed E-state index contributed by atoms with van der Waals surface area (Å²) < 4.78 is 18.5. The van der Waals surface area contributed by atoms with Gasteiger partial charge in [-0.25, -0.2) is 14.2 Å². The second-order valence-corrected chi connectivity index (χ2v) is 8.75. The average Bonchev–Trinajstić information content (AvgIpc) is 3.18. The SMILES string of the molecule is Cc1csc(Sc2ccc(C(=O)OCC(=O)NCCc3ccc(F)cc3)cc2[N+](=O)[O-])n1. The molecule has 0 spiro atoms. The van der Waals surface area contributed by atoms with E-state index in [0.717, 1.165) is 29.1 Å². The van der Waals surface area contributed by atoms with E-state index in [1.54, 1.807) is 12.1 Å². The number of aromatic nitrogens is 1. The molecule has 0 saturated carbocycles. The first-order valence-corrected chi connectivity index (χ1v) is 11.1. The maximum Gasteiger partial charge on any atom is 0.338 e.